The Balaban J connectivity index is 1.39. The molecule has 1 heterocycles. The van der Waals surface area contributed by atoms with Gasteiger partial charge in [0.05, 0.1) is 16.8 Å². The molecule has 2 aliphatic carbocycles. The fourth-order valence-corrected chi connectivity index (χ4v) is 6.49. The molecule has 1 aromatic carbocycles. The van der Waals surface area contributed by atoms with E-state index >= 15 is 0 Å². The second-order valence-electron chi connectivity index (χ2n) is 10.6. The number of hydrazine groups is 1. The summed E-state index contributed by atoms with van der Waals surface area (Å²) in [5.41, 5.74) is 0.762. The summed E-state index contributed by atoms with van der Waals surface area (Å²) in [4.78, 5) is 26.1. The maximum absolute atomic E-state index is 13.3. The highest BCUT2D eigenvalue weighted by atomic mass is 35.5. The van der Waals surface area contributed by atoms with Gasteiger partial charge in [-0.05, 0) is 68.6 Å². The Morgan fingerprint density at radius 3 is 2.70 bits per heavy atom. The summed E-state index contributed by atoms with van der Waals surface area (Å²) in [6.45, 7) is 4.53. The zero-order chi connectivity index (χ0) is 26.4. The summed E-state index contributed by atoms with van der Waals surface area (Å²) in [7, 11) is 0. The summed E-state index contributed by atoms with van der Waals surface area (Å²) in [5, 5.41) is 10.9. The number of nitrogens with one attached hydrogen (secondary N) is 2. The first-order chi connectivity index (χ1) is 17.8. The largest absolute Gasteiger partial charge is 0.335 e. The quantitative estimate of drug-likeness (QED) is 0.388. The number of rotatable bonds is 7. The monoisotopic (exact) mass is 544 g/mol. The molecule has 0 aromatic heterocycles. The molecule has 2 bridgehead atoms. The topological polar surface area (TPSA) is 64.7 Å². The Hall–Kier alpha value is -2.44. The number of carbonyl (C=O) groups excluding carboxylic acids is 2. The summed E-state index contributed by atoms with van der Waals surface area (Å²) in [6, 6.07) is 7.37. The highest BCUT2D eigenvalue weighted by Gasteiger charge is 2.39. The molecule has 2 saturated carbocycles. The fourth-order valence-electron chi connectivity index (χ4n) is 6.20. The van der Waals surface area contributed by atoms with Gasteiger partial charge >= 0.3 is 6.03 Å². The molecule has 4 rings (SSSR count). The molecule has 5 atom stereocenters. The first-order valence-electron chi connectivity index (χ1n) is 13.4. The number of hydrogen-bond acceptors (Lipinski definition) is 3. The normalized spacial score (nSPS) is 28.2. The van der Waals surface area contributed by atoms with Gasteiger partial charge in [-0.15, -0.1) is 0 Å². The number of fused-ring (bicyclic) bond motifs is 2. The number of nitrogens with zero attached hydrogens (tertiary/aromatic N) is 2. The minimum Gasteiger partial charge on any atom is -0.335 e. The second-order valence-corrected chi connectivity index (χ2v) is 11.6. The molecule has 8 heteroatoms. The summed E-state index contributed by atoms with van der Waals surface area (Å²) >= 11 is 12.4. The van der Waals surface area contributed by atoms with E-state index in [-0.39, 0.29) is 30.6 Å². The van der Waals surface area contributed by atoms with Crippen molar-refractivity contribution >= 4 is 40.8 Å². The highest BCUT2D eigenvalue weighted by molar-refractivity contribution is 6.33. The van der Waals surface area contributed by atoms with Crippen molar-refractivity contribution in [3.8, 4) is 0 Å². The van der Waals surface area contributed by atoms with Crippen LogP contribution in [0.15, 0.2) is 59.7 Å². The molecule has 1 saturated heterocycles. The molecule has 3 fully saturated rings. The van der Waals surface area contributed by atoms with Gasteiger partial charge in [0.1, 0.15) is 6.54 Å². The van der Waals surface area contributed by atoms with Crippen molar-refractivity contribution in [2.75, 3.05) is 18.1 Å². The Kier molecular flexibility index (Phi) is 9.60. The van der Waals surface area contributed by atoms with Gasteiger partial charge in [0.25, 0.3) is 5.91 Å². The molecule has 37 heavy (non-hydrogen) atoms. The SMILES string of the molecule is C\C(Cl)=C/C=C\C=C\C1CCN(C(=O)CNC(=O)NC2C(C)CC3CCCC2C3)N1c1ccccc1Cl. The molecular weight excluding hydrogens is 507 g/mol. The Labute approximate surface area is 230 Å². The van der Waals surface area contributed by atoms with Gasteiger partial charge < -0.3 is 10.6 Å². The number of para-hydroxylation sites is 1. The van der Waals surface area contributed by atoms with Crippen LogP contribution in [0.4, 0.5) is 10.5 Å². The number of halogens is 2. The van der Waals surface area contributed by atoms with E-state index in [1.807, 2.05) is 66.6 Å². The molecule has 5 unspecified atom stereocenters. The van der Waals surface area contributed by atoms with E-state index in [0.29, 0.717) is 28.4 Å². The van der Waals surface area contributed by atoms with E-state index in [2.05, 4.69) is 17.6 Å². The van der Waals surface area contributed by atoms with E-state index in [9.17, 15) is 9.59 Å². The lowest BCUT2D eigenvalue weighted by Gasteiger charge is -2.44. The van der Waals surface area contributed by atoms with E-state index < -0.39 is 0 Å². The number of benzene rings is 1. The van der Waals surface area contributed by atoms with Crippen molar-refractivity contribution in [3.05, 3.63) is 64.7 Å². The summed E-state index contributed by atoms with van der Waals surface area (Å²) in [6.07, 6.45) is 16.5. The summed E-state index contributed by atoms with van der Waals surface area (Å²) in [5.74, 6) is 1.64. The lowest BCUT2D eigenvalue weighted by molar-refractivity contribution is -0.129. The molecule has 2 N–H and O–H groups in total. The van der Waals surface area contributed by atoms with Gasteiger partial charge in [0.2, 0.25) is 0 Å². The van der Waals surface area contributed by atoms with Crippen LogP contribution in [0.25, 0.3) is 0 Å². The van der Waals surface area contributed by atoms with Crippen molar-refractivity contribution in [3.63, 3.8) is 0 Å². The van der Waals surface area contributed by atoms with Crippen LogP contribution >= 0.6 is 23.2 Å². The van der Waals surface area contributed by atoms with Crippen molar-refractivity contribution in [2.24, 2.45) is 17.8 Å². The van der Waals surface area contributed by atoms with Gasteiger partial charge in [-0.3, -0.25) is 14.8 Å². The van der Waals surface area contributed by atoms with Gasteiger partial charge in [-0.2, -0.15) is 0 Å². The number of amides is 3. The molecule has 3 aliphatic rings. The van der Waals surface area contributed by atoms with Crippen LogP contribution in [0.1, 0.15) is 52.4 Å². The average molecular weight is 546 g/mol. The van der Waals surface area contributed by atoms with Crippen LogP contribution in [0.5, 0.6) is 0 Å². The van der Waals surface area contributed by atoms with Crippen molar-refractivity contribution in [2.45, 2.75) is 64.5 Å². The number of urea groups is 1. The molecule has 0 radical (unpaired) electrons. The molecule has 6 nitrogen and oxygen atoms in total. The predicted molar refractivity (Wildman–Crippen MR) is 151 cm³/mol. The van der Waals surface area contributed by atoms with Crippen LogP contribution < -0.4 is 15.6 Å². The average Bonchev–Trinajstić information content (AvgIpc) is 3.29. The van der Waals surface area contributed by atoms with Crippen molar-refractivity contribution < 1.29 is 9.59 Å². The van der Waals surface area contributed by atoms with E-state index in [1.54, 1.807) is 5.01 Å². The lowest BCUT2D eigenvalue weighted by Crippen LogP contribution is -2.54. The van der Waals surface area contributed by atoms with Crippen LogP contribution in [0, 0.1) is 17.8 Å². The minimum absolute atomic E-state index is 0.0502. The van der Waals surface area contributed by atoms with E-state index in [4.69, 9.17) is 23.2 Å². The fraction of sp³-hybridized carbons (Fsp3) is 0.517. The molecule has 1 aromatic rings. The van der Waals surface area contributed by atoms with Gasteiger partial charge in [0, 0.05) is 17.6 Å². The zero-order valence-corrected chi connectivity index (χ0v) is 23.2. The van der Waals surface area contributed by atoms with Gasteiger partial charge in [-0.25, -0.2) is 4.79 Å². The summed E-state index contributed by atoms with van der Waals surface area (Å²) < 4.78 is 0. The maximum Gasteiger partial charge on any atom is 0.315 e. The Bertz CT molecular complexity index is 1050. The molecule has 1 aliphatic heterocycles. The third-order valence-electron chi connectivity index (χ3n) is 7.83. The first-order valence-corrected chi connectivity index (χ1v) is 14.1. The Morgan fingerprint density at radius 2 is 1.92 bits per heavy atom. The number of carbonyl (C=O) groups is 2. The molecule has 3 amide bonds. The smallest absolute Gasteiger partial charge is 0.315 e. The number of allylic oxidation sites excluding steroid dienone is 5. The molecule has 200 valence electrons. The predicted octanol–water partition coefficient (Wildman–Crippen LogP) is 6.43. The second kappa shape index (κ2) is 12.9. The van der Waals surface area contributed by atoms with Crippen LogP contribution in [0.3, 0.4) is 0 Å². The van der Waals surface area contributed by atoms with Crippen molar-refractivity contribution in [1.82, 2.24) is 15.6 Å². The molecule has 0 spiro atoms. The highest BCUT2D eigenvalue weighted by Crippen LogP contribution is 2.42. The number of hydrogen-bond donors (Lipinski definition) is 2. The number of anilines is 1. The van der Waals surface area contributed by atoms with Crippen LogP contribution in [-0.2, 0) is 4.79 Å². The van der Waals surface area contributed by atoms with Crippen molar-refractivity contribution in [1.29, 1.82) is 0 Å². The van der Waals surface area contributed by atoms with Crippen LogP contribution in [0.2, 0.25) is 5.02 Å². The standard InChI is InChI=1S/C29H38Cl2N4O2/c1-20-17-22-10-8-11-23(18-22)28(20)33-29(37)32-19-27(36)34-16-15-24(12-5-3-4-9-21(2)30)35(34)26-14-7-6-13-25(26)31/h3-7,9,12-14,20,22-24,28H,8,10-11,15-19H2,1-2H3,(H2,32,33,37)/b4-3-,12-5+,21-9+. The van der Waals surface area contributed by atoms with E-state index in [1.165, 1.54) is 32.1 Å². The first kappa shape index (κ1) is 27.6. The van der Waals surface area contributed by atoms with E-state index in [0.717, 1.165) is 18.0 Å². The zero-order valence-electron chi connectivity index (χ0n) is 21.7. The Morgan fingerprint density at radius 1 is 1.11 bits per heavy atom. The lowest BCUT2D eigenvalue weighted by atomic mass is 9.66. The third-order valence-corrected chi connectivity index (χ3v) is 8.27. The van der Waals surface area contributed by atoms with Gasteiger partial charge in [0.15, 0.2) is 0 Å². The minimum atomic E-state index is -0.262. The molecular formula is C29H38Cl2N4O2. The maximum atomic E-state index is 13.3. The van der Waals surface area contributed by atoms with Crippen LogP contribution in [-0.4, -0.2) is 42.1 Å². The third kappa shape index (κ3) is 7.11. The van der Waals surface area contributed by atoms with Gasteiger partial charge in [-0.1, -0.05) is 79.4 Å².